The number of hydrogen-bond acceptors (Lipinski definition) is 2. The molecule has 2 nitrogen and oxygen atoms in total. The van der Waals surface area contributed by atoms with Gasteiger partial charge in [-0.25, -0.2) is 0 Å². The minimum Gasteiger partial charge on any atom is -0.374 e. The molecule has 2 atom stereocenters. The van der Waals surface area contributed by atoms with E-state index in [9.17, 15) is 0 Å². The molecule has 0 bridgehead atoms. The average Bonchev–Trinajstić information content (AvgIpc) is 2.49. The number of benzene rings is 2. The molecule has 3 rings (SSSR count). The molecule has 0 saturated heterocycles. The normalized spacial score (nSPS) is 21.5. The van der Waals surface area contributed by atoms with Crippen LogP contribution in [0.4, 0.5) is 0 Å². The smallest absolute Gasteiger partial charge is 0.113 e. The van der Waals surface area contributed by atoms with Crippen molar-refractivity contribution in [2.45, 2.75) is 25.0 Å². The van der Waals surface area contributed by atoms with Crippen LogP contribution in [0.3, 0.4) is 0 Å². The van der Waals surface area contributed by atoms with Crippen molar-refractivity contribution in [1.82, 2.24) is 0 Å². The molecule has 0 spiro atoms. The zero-order valence-electron chi connectivity index (χ0n) is 12.0. The van der Waals surface area contributed by atoms with Gasteiger partial charge in [0, 0.05) is 14.2 Å². The Hall–Kier alpha value is -1.64. The molecule has 0 aliphatic heterocycles. The predicted molar refractivity (Wildman–Crippen MR) is 79.8 cm³/mol. The first-order valence-corrected chi connectivity index (χ1v) is 7.06. The highest BCUT2D eigenvalue weighted by atomic mass is 16.5. The van der Waals surface area contributed by atoms with Crippen LogP contribution in [0.5, 0.6) is 0 Å². The Bertz CT molecular complexity index is 538. The molecular formula is C18H20O2. The van der Waals surface area contributed by atoms with Gasteiger partial charge in [-0.2, -0.15) is 0 Å². The van der Waals surface area contributed by atoms with Gasteiger partial charge in [0.1, 0.15) is 12.2 Å². The number of ether oxygens (including phenoxy) is 2. The summed E-state index contributed by atoms with van der Waals surface area (Å²) in [6.07, 6.45) is 1.97. The molecule has 0 fully saturated rings. The van der Waals surface area contributed by atoms with E-state index < -0.39 is 0 Å². The van der Waals surface area contributed by atoms with Gasteiger partial charge in [-0.05, 0) is 35.1 Å². The lowest BCUT2D eigenvalue weighted by Gasteiger charge is -2.31. The van der Waals surface area contributed by atoms with Gasteiger partial charge in [-0.3, -0.25) is 0 Å². The maximum absolute atomic E-state index is 5.79. The van der Waals surface area contributed by atoms with Crippen LogP contribution < -0.4 is 0 Å². The summed E-state index contributed by atoms with van der Waals surface area (Å²) >= 11 is 0. The highest BCUT2D eigenvalue weighted by Crippen LogP contribution is 2.39. The monoisotopic (exact) mass is 268 g/mol. The van der Waals surface area contributed by atoms with Crippen LogP contribution >= 0.6 is 0 Å². The zero-order valence-corrected chi connectivity index (χ0v) is 12.0. The molecule has 0 saturated carbocycles. The van der Waals surface area contributed by atoms with E-state index in [0.717, 1.165) is 12.8 Å². The van der Waals surface area contributed by atoms with Crippen LogP contribution in [0.15, 0.2) is 48.5 Å². The Balaban J connectivity index is 2.14. The van der Waals surface area contributed by atoms with Gasteiger partial charge < -0.3 is 9.47 Å². The molecule has 0 radical (unpaired) electrons. The van der Waals surface area contributed by atoms with E-state index in [0.29, 0.717) is 0 Å². The fraction of sp³-hybridized carbons (Fsp3) is 0.333. The van der Waals surface area contributed by atoms with Crippen LogP contribution in [-0.2, 0) is 22.3 Å². The van der Waals surface area contributed by atoms with E-state index in [1.54, 1.807) is 14.2 Å². The molecule has 20 heavy (non-hydrogen) atoms. The van der Waals surface area contributed by atoms with Gasteiger partial charge in [0.25, 0.3) is 0 Å². The van der Waals surface area contributed by atoms with Crippen molar-refractivity contribution in [1.29, 1.82) is 0 Å². The first-order valence-electron chi connectivity index (χ1n) is 7.06. The lowest BCUT2D eigenvalue weighted by Crippen LogP contribution is -2.20. The second kappa shape index (κ2) is 5.78. The summed E-state index contributed by atoms with van der Waals surface area (Å²) < 4.78 is 11.6. The number of aryl methyl sites for hydroxylation is 2. The van der Waals surface area contributed by atoms with Crippen molar-refractivity contribution >= 4 is 0 Å². The van der Waals surface area contributed by atoms with E-state index in [2.05, 4.69) is 48.5 Å². The zero-order chi connectivity index (χ0) is 13.9. The molecule has 1 aliphatic carbocycles. The molecule has 0 heterocycles. The Morgan fingerprint density at radius 2 is 1.10 bits per heavy atom. The third-order valence-electron chi connectivity index (χ3n) is 4.17. The van der Waals surface area contributed by atoms with E-state index in [4.69, 9.17) is 9.47 Å². The quantitative estimate of drug-likeness (QED) is 0.823. The van der Waals surface area contributed by atoms with Crippen LogP contribution in [0.25, 0.3) is 0 Å². The first kappa shape index (κ1) is 13.3. The van der Waals surface area contributed by atoms with E-state index in [1.165, 1.54) is 22.3 Å². The van der Waals surface area contributed by atoms with Gasteiger partial charge >= 0.3 is 0 Å². The van der Waals surface area contributed by atoms with Gasteiger partial charge in [0.05, 0.1) is 0 Å². The minimum absolute atomic E-state index is 0.0577. The highest BCUT2D eigenvalue weighted by molar-refractivity contribution is 5.38. The van der Waals surface area contributed by atoms with Crippen molar-refractivity contribution in [3.63, 3.8) is 0 Å². The Morgan fingerprint density at radius 1 is 0.700 bits per heavy atom. The lowest BCUT2D eigenvalue weighted by molar-refractivity contribution is -0.0410. The molecule has 0 N–H and O–H groups in total. The Labute approximate surface area is 120 Å². The lowest BCUT2D eigenvalue weighted by atomic mass is 9.85. The number of hydrogen-bond donors (Lipinski definition) is 0. The van der Waals surface area contributed by atoms with E-state index in [-0.39, 0.29) is 12.2 Å². The van der Waals surface area contributed by atoms with Gasteiger partial charge in [-0.15, -0.1) is 0 Å². The van der Waals surface area contributed by atoms with Crippen LogP contribution in [-0.4, -0.2) is 14.2 Å². The fourth-order valence-corrected chi connectivity index (χ4v) is 3.18. The third-order valence-corrected chi connectivity index (χ3v) is 4.17. The molecular weight excluding hydrogens is 248 g/mol. The summed E-state index contributed by atoms with van der Waals surface area (Å²) in [5, 5.41) is 0. The molecule has 104 valence electrons. The molecule has 1 aliphatic rings. The van der Waals surface area contributed by atoms with Crippen LogP contribution in [0, 0.1) is 0 Å². The predicted octanol–water partition coefficient (Wildman–Crippen LogP) is 3.86. The molecule has 2 heteroatoms. The maximum atomic E-state index is 5.79. The Kier molecular flexibility index (Phi) is 3.86. The van der Waals surface area contributed by atoms with Gasteiger partial charge in [0.15, 0.2) is 0 Å². The summed E-state index contributed by atoms with van der Waals surface area (Å²) in [6.45, 7) is 0. The van der Waals surface area contributed by atoms with Gasteiger partial charge in [-0.1, -0.05) is 48.5 Å². The summed E-state index contributed by atoms with van der Waals surface area (Å²) in [5.74, 6) is 0. The van der Waals surface area contributed by atoms with Crippen molar-refractivity contribution in [2.75, 3.05) is 14.2 Å². The minimum atomic E-state index is -0.0577. The number of fused-ring (bicyclic) bond motifs is 2. The van der Waals surface area contributed by atoms with Crippen LogP contribution in [0.1, 0.15) is 34.5 Å². The van der Waals surface area contributed by atoms with Crippen LogP contribution in [0.2, 0.25) is 0 Å². The molecule has 0 amide bonds. The molecule has 0 aromatic heterocycles. The average molecular weight is 268 g/mol. The summed E-state index contributed by atoms with van der Waals surface area (Å²) in [6, 6.07) is 17.1. The molecule has 2 unspecified atom stereocenters. The third kappa shape index (κ3) is 2.26. The van der Waals surface area contributed by atoms with E-state index in [1.807, 2.05) is 0 Å². The van der Waals surface area contributed by atoms with E-state index >= 15 is 0 Å². The highest BCUT2D eigenvalue weighted by Gasteiger charge is 2.29. The molecule has 2 aromatic rings. The SMILES string of the molecule is COC1c2ccccc2CCc2ccccc2C1OC. The summed E-state index contributed by atoms with van der Waals surface area (Å²) in [4.78, 5) is 0. The number of rotatable bonds is 2. The summed E-state index contributed by atoms with van der Waals surface area (Å²) in [5.41, 5.74) is 5.21. The second-order valence-electron chi connectivity index (χ2n) is 5.21. The standard InChI is InChI=1S/C18H20O2/c1-19-17-15-9-5-3-7-13(15)11-12-14-8-4-6-10-16(14)18(17)20-2/h3-10,17-18H,11-12H2,1-2H3. The first-order chi connectivity index (χ1) is 9.85. The van der Waals surface area contributed by atoms with Crippen molar-refractivity contribution in [3.05, 3.63) is 70.8 Å². The van der Waals surface area contributed by atoms with Crippen molar-refractivity contribution in [3.8, 4) is 0 Å². The largest absolute Gasteiger partial charge is 0.374 e. The number of methoxy groups -OCH3 is 2. The Morgan fingerprint density at radius 3 is 1.50 bits per heavy atom. The topological polar surface area (TPSA) is 18.5 Å². The maximum Gasteiger partial charge on any atom is 0.113 e. The van der Waals surface area contributed by atoms with Crippen molar-refractivity contribution in [2.24, 2.45) is 0 Å². The second-order valence-corrected chi connectivity index (χ2v) is 5.21. The van der Waals surface area contributed by atoms with Crippen molar-refractivity contribution < 1.29 is 9.47 Å². The van der Waals surface area contributed by atoms with Gasteiger partial charge in [0.2, 0.25) is 0 Å². The fourth-order valence-electron chi connectivity index (χ4n) is 3.18. The summed E-state index contributed by atoms with van der Waals surface area (Å²) in [7, 11) is 3.52. The molecule has 2 aromatic carbocycles.